The molecule has 0 aromatic heterocycles. The first kappa shape index (κ1) is 23.2. The molecule has 0 saturated carbocycles. The molecule has 6 nitrogen and oxygen atoms in total. The Morgan fingerprint density at radius 2 is 1.70 bits per heavy atom. The van der Waals surface area contributed by atoms with Crippen molar-refractivity contribution in [3.8, 4) is 0 Å². The fourth-order valence-corrected chi connectivity index (χ4v) is 5.66. The number of nitrogens with one attached hydrogen (secondary N) is 2. The molecule has 4 rings (SSSR count). The molecule has 1 heterocycles. The summed E-state index contributed by atoms with van der Waals surface area (Å²) in [5, 5.41) is 6.31. The average molecular weight is 500 g/mol. The number of para-hydroxylation sites is 1. The van der Waals surface area contributed by atoms with Crippen molar-refractivity contribution in [3.05, 3.63) is 88.9 Å². The third-order valence-corrected chi connectivity index (χ3v) is 7.78. The maximum absolute atomic E-state index is 13.1. The van der Waals surface area contributed by atoms with E-state index in [1.807, 2.05) is 42.5 Å². The van der Waals surface area contributed by atoms with Gasteiger partial charge in [-0.15, -0.1) is 0 Å². The molecule has 3 aromatic carbocycles. The summed E-state index contributed by atoms with van der Waals surface area (Å²) in [5.41, 5.74) is 3.22. The monoisotopic (exact) mass is 499 g/mol. The topological polar surface area (TPSA) is 78.5 Å². The van der Waals surface area contributed by atoms with Crippen LogP contribution in [0.1, 0.15) is 17.5 Å². The highest BCUT2D eigenvalue weighted by Gasteiger charge is 2.30. The fraction of sp³-hybridized carbons (Fsp3) is 0.167. The van der Waals surface area contributed by atoms with Gasteiger partial charge in [-0.3, -0.25) is 9.10 Å². The van der Waals surface area contributed by atoms with Crippen LogP contribution in [-0.4, -0.2) is 26.0 Å². The number of fused-ring (bicyclic) bond motifs is 1. The van der Waals surface area contributed by atoms with Crippen LogP contribution >= 0.6 is 23.8 Å². The van der Waals surface area contributed by atoms with Crippen LogP contribution in [0.2, 0.25) is 5.02 Å². The number of carbonyl (C=O) groups is 1. The van der Waals surface area contributed by atoms with Gasteiger partial charge in [0.2, 0.25) is 5.91 Å². The van der Waals surface area contributed by atoms with E-state index in [1.54, 1.807) is 18.2 Å². The van der Waals surface area contributed by atoms with E-state index in [9.17, 15) is 13.2 Å². The van der Waals surface area contributed by atoms with Gasteiger partial charge in [0.1, 0.15) is 0 Å². The van der Waals surface area contributed by atoms with Crippen LogP contribution in [0.5, 0.6) is 0 Å². The van der Waals surface area contributed by atoms with Gasteiger partial charge in [0.15, 0.2) is 5.11 Å². The van der Waals surface area contributed by atoms with E-state index >= 15 is 0 Å². The molecule has 0 unspecified atom stereocenters. The predicted octanol–water partition coefficient (Wildman–Crippen LogP) is 4.54. The van der Waals surface area contributed by atoms with Gasteiger partial charge in [-0.05, 0) is 72.6 Å². The van der Waals surface area contributed by atoms with Crippen molar-refractivity contribution >= 4 is 56.2 Å². The zero-order valence-corrected chi connectivity index (χ0v) is 20.0. The first-order chi connectivity index (χ1) is 15.8. The summed E-state index contributed by atoms with van der Waals surface area (Å²) in [4.78, 5) is 12.4. The maximum atomic E-state index is 13.1. The Bertz CT molecular complexity index is 1290. The van der Waals surface area contributed by atoms with Crippen LogP contribution in [-0.2, 0) is 27.7 Å². The van der Waals surface area contributed by atoms with Crippen molar-refractivity contribution in [1.29, 1.82) is 0 Å². The quantitative estimate of drug-likeness (QED) is 0.487. The minimum Gasteiger partial charge on any atom is -0.332 e. The molecule has 1 aliphatic heterocycles. The molecular formula is C24H22ClN3O3S2. The Hall–Kier alpha value is -2.94. The number of nitrogens with zero attached hydrogens (tertiary/aromatic N) is 1. The molecule has 0 saturated heterocycles. The SMILES string of the molecule is O=C(CCc1ccccc1Cl)NC(=S)Nc1ccc(S(=O)(=O)N2CCc3ccccc32)cc1. The van der Waals surface area contributed by atoms with Crippen molar-refractivity contribution in [2.75, 3.05) is 16.2 Å². The highest BCUT2D eigenvalue weighted by atomic mass is 35.5. The van der Waals surface area contributed by atoms with Gasteiger partial charge in [0.05, 0.1) is 10.6 Å². The third kappa shape index (κ3) is 5.35. The average Bonchev–Trinajstić information content (AvgIpc) is 3.24. The number of hydrogen-bond donors (Lipinski definition) is 2. The van der Waals surface area contributed by atoms with Gasteiger partial charge in [0.25, 0.3) is 10.0 Å². The molecule has 9 heteroatoms. The van der Waals surface area contributed by atoms with E-state index < -0.39 is 10.0 Å². The molecule has 2 N–H and O–H groups in total. The lowest BCUT2D eigenvalue weighted by Crippen LogP contribution is -2.34. The number of aryl methyl sites for hydroxylation is 1. The lowest BCUT2D eigenvalue weighted by Gasteiger charge is -2.19. The molecule has 0 aliphatic carbocycles. The normalized spacial score (nSPS) is 12.8. The summed E-state index contributed by atoms with van der Waals surface area (Å²) in [5.74, 6) is -0.237. The van der Waals surface area contributed by atoms with Gasteiger partial charge in [0, 0.05) is 23.7 Å². The van der Waals surface area contributed by atoms with E-state index in [-0.39, 0.29) is 22.3 Å². The smallest absolute Gasteiger partial charge is 0.264 e. The first-order valence-corrected chi connectivity index (χ1v) is 12.6. The second kappa shape index (κ2) is 9.91. The molecular weight excluding hydrogens is 478 g/mol. The van der Waals surface area contributed by atoms with Gasteiger partial charge in [-0.25, -0.2) is 8.42 Å². The van der Waals surface area contributed by atoms with Crippen LogP contribution in [0.4, 0.5) is 11.4 Å². The summed E-state index contributed by atoms with van der Waals surface area (Å²) < 4.78 is 27.6. The number of hydrogen-bond acceptors (Lipinski definition) is 4. The van der Waals surface area contributed by atoms with Crippen molar-refractivity contribution in [1.82, 2.24) is 5.32 Å². The number of sulfonamides is 1. The molecule has 0 bridgehead atoms. The Labute approximate surface area is 203 Å². The zero-order valence-electron chi connectivity index (χ0n) is 17.6. The van der Waals surface area contributed by atoms with E-state index in [0.717, 1.165) is 16.8 Å². The Kier molecular flexibility index (Phi) is 6.97. The molecule has 170 valence electrons. The summed E-state index contributed by atoms with van der Waals surface area (Å²) in [7, 11) is -3.66. The van der Waals surface area contributed by atoms with E-state index in [4.69, 9.17) is 23.8 Å². The van der Waals surface area contributed by atoms with Crippen LogP contribution in [0.3, 0.4) is 0 Å². The van der Waals surface area contributed by atoms with Crippen molar-refractivity contribution in [3.63, 3.8) is 0 Å². The predicted molar refractivity (Wildman–Crippen MR) is 135 cm³/mol. The van der Waals surface area contributed by atoms with Crippen molar-refractivity contribution in [2.24, 2.45) is 0 Å². The van der Waals surface area contributed by atoms with Gasteiger partial charge in [-0.2, -0.15) is 0 Å². The molecule has 1 amide bonds. The molecule has 0 spiro atoms. The van der Waals surface area contributed by atoms with Crippen LogP contribution in [0.15, 0.2) is 77.7 Å². The van der Waals surface area contributed by atoms with Gasteiger partial charge >= 0.3 is 0 Å². The Morgan fingerprint density at radius 1 is 1.00 bits per heavy atom. The van der Waals surface area contributed by atoms with E-state index in [2.05, 4.69) is 10.6 Å². The maximum Gasteiger partial charge on any atom is 0.264 e. The van der Waals surface area contributed by atoms with Crippen LogP contribution in [0.25, 0.3) is 0 Å². The lowest BCUT2D eigenvalue weighted by molar-refractivity contribution is -0.119. The number of carbonyl (C=O) groups excluding carboxylic acids is 1. The minimum atomic E-state index is -3.66. The summed E-state index contributed by atoms with van der Waals surface area (Å²) >= 11 is 11.3. The second-order valence-electron chi connectivity index (χ2n) is 7.57. The number of halogens is 1. The Balaban J connectivity index is 1.34. The molecule has 0 fully saturated rings. The van der Waals surface area contributed by atoms with Crippen molar-refractivity contribution in [2.45, 2.75) is 24.2 Å². The molecule has 3 aromatic rings. The minimum absolute atomic E-state index is 0.142. The number of amides is 1. The highest BCUT2D eigenvalue weighted by molar-refractivity contribution is 7.92. The third-order valence-electron chi connectivity index (χ3n) is 5.38. The zero-order chi connectivity index (χ0) is 23.4. The fourth-order valence-electron chi connectivity index (χ4n) is 3.70. The highest BCUT2D eigenvalue weighted by Crippen LogP contribution is 2.32. The molecule has 1 aliphatic rings. The summed E-state index contributed by atoms with van der Waals surface area (Å²) in [6.07, 6.45) is 1.43. The number of anilines is 2. The Morgan fingerprint density at radius 3 is 2.45 bits per heavy atom. The molecule has 0 radical (unpaired) electrons. The van der Waals surface area contributed by atoms with Gasteiger partial charge in [-0.1, -0.05) is 48.0 Å². The lowest BCUT2D eigenvalue weighted by atomic mass is 10.1. The van der Waals surface area contributed by atoms with E-state index in [1.165, 1.54) is 16.4 Å². The van der Waals surface area contributed by atoms with Crippen molar-refractivity contribution < 1.29 is 13.2 Å². The molecule has 0 atom stereocenters. The summed E-state index contributed by atoms with van der Waals surface area (Å²) in [6.45, 7) is 0.423. The first-order valence-electron chi connectivity index (χ1n) is 10.4. The van der Waals surface area contributed by atoms with E-state index in [0.29, 0.717) is 30.1 Å². The van der Waals surface area contributed by atoms with Crippen LogP contribution < -0.4 is 14.9 Å². The second-order valence-corrected chi connectivity index (χ2v) is 10.3. The summed E-state index contributed by atoms with van der Waals surface area (Å²) in [6, 6.07) is 21.2. The standard InChI is InChI=1S/C24H22ClN3O3S2/c25-21-7-3-1-5-17(21)9-14-23(29)27-24(32)26-19-10-12-20(13-11-19)33(30,31)28-16-15-18-6-2-4-8-22(18)28/h1-8,10-13H,9,14-16H2,(H2,26,27,29,32). The number of rotatable bonds is 6. The molecule has 33 heavy (non-hydrogen) atoms. The number of benzene rings is 3. The van der Waals surface area contributed by atoms with Gasteiger partial charge < -0.3 is 10.6 Å². The number of thiocarbonyl (C=S) groups is 1. The largest absolute Gasteiger partial charge is 0.332 e. The van der Waals surface area contributed by atoms with Crippen LogP contribution in [0, 0.1) is 0 Å².